The van der Waals surface area contributed by atoms with Crippen LogP contribution in [0.2, 0.25) is 0 Å². The van der Waals surface area contributed by atoms with Crippen molar-refractivity contribution in [2.75, 3.05) is 5.32 Å². The van der Waals surface area contributed by atoms with Gasteiger partial charge in [0.15, 0.2) is 0 Å². The molecule has 2 aromatic rings. The van der Waals surface area contributed by atoms with E-state index in [-0.39, 0.29) is 17.9 Å². The van der Waals surface area contributed by atoms with Gasteiger partial charge in [-0.15, -0.1) is 0 Å². The van der Waals surface area contributed by atoms with Crippen LogP contribution in [0, 0.1) is 6.92 Å². The molecule has 1 aliphatic rings. The molecule has 1 saturated heterocycles. The van der Waals surface area contributed by atoms with Crippen LogP contribution in [0.3, 0.4) is 0 Å². The second-order valence-corrected chi connectivity index (χ2v) is 6.32. The van der Waals surface area contributed by atoms with E-state index in [0.29, 0.717) is 19.4 Å². The number of anilines is 1. The number of para-hydroxylation sites is 1. The van der Waals surface area contributed by atoms with E-state index in [0.717, 1.165) is 17.7 Å². The number of hydrogen-bond donors (Lipinski definition) is 1. The molecule has 1 heterocycles. The van der Waals surface area contributed by atoms with E-state index in [1.165, 1.54) is 5.56 Å². The minimum atomic E-state index is -0.0465. The summed E-state index contributed by atoms with van der Waals surface area (Å²) in [7, 11) is 0. The number of rotatable bonds is 5. The first-order chi connectivity index (χ1) is 11.6. The Balaban J connectivity index is 1.62. The molecule has 4 nitrogen and oxygen atoms in total. The van der Waals surface area contributed by atoms with Gasteiger partial charge in [-0.2, -0.15) is 0 Å². The lowest BCUT2D eigenvalue weighted by Crippen LogP contribution is -2.35. The molecule has 2 amide bonds. The van der Waals surface area contributed by atoms with Gasteiger partial charge in [-0.25, -0.2) is 0 Å². The number of carbonyl (C=O) groups is 2. The fourth-order valence-corrected chi connectivity index (χ4v) is 3.06. The topological polar surface area (TPSA) is 49.4 Å². The molecule has 0 aromatic heterocycles. The highest BCUT2D eigenvalue weighted by Gasteiger charge is 2.32. The van der Waals surface area contributed by atoms with Crippen molar-refractivity contribution in [3.8, 4) is 0 Å². The number of nitrogens with zero attached hydrogens (tertiary/aromatic N) is 1. The Morgan fingerprint density at radius 3 is 2.54 bits per heavy atom. The average Bonchev–Trinajstić information content (AvgIpc) is 2.91. The zero-order valence-electron chi connectivity index (χ0n) is 13.9. The third kappa shape index (κ3) is 4.02. The largest absolute Gasteiger partial charge is 0.335 e. The number of benzene rings is 2. The Hall–Kier alpha value is -2.62. The van der Waals surface area contributed by atoms with Gasteiger partial charge in [0.2, 0.25) is 11.8 Å². The minimum Gasteiger partial charge on any atom is -0.335 e. The van der Waals surface area contributed by atoms with Crippen LogP contribution in [-0.2, 0) is 16.1 Å². The number of amides is 2. The van der Waals surface area contributed by atoms with Gasteiger partial charge < -0.3 is 10.2 Å². The van der Waals surface area contributed by atoms with Crippen molar-refractivity contribution in [1.29, 1.82) is 0 Å². The highest BCUT2D eigenvalue weighted by molar-refractivity contribution is 5.92. The molecule has 0 spiro atoms. The number of likely N-dealkylation sites (tertiary alicyclic amines) is 1. The summed E-state index contributed by atoms with van der Waals surface area (Å²) in [5.41, 5.74) is 3.09. The molecule has 0 bridgehead atoms. The molecule has 1 aliphatic heterocycles. The maximum absolute atomic E-state index is 12.3. The van der Waals surface area contributed by atoms with Crippen LogP contribution >= 0.6 is 0 Å². The molecule has 1 fully saturated rings. The van der Waals surface area contributed by atoms with Gasteiger partial charge in [0, 0.05) is 31.1 Å². The standard InChI is InChI=1S/C20H22N2O2/c1-15-7-9-16(10-8-15)14-22-18(11-12-20(22)24)13-19(23)21-17-5-3-2-4-6-17/h2-10,18H,11-14H2,1H3,(H,21,23). The van der Waals surface area contributed by atoms with E-state index in [4.69, 9.17) is 0 Å². The molecular formula is C20H22N2O2. The number of carbonyl (C=O) groups excluding carboxylic acids is 2. The maximum Gasteiger partial charge on any atom is 0.226 e. The second kappa shape index (κ2) is 7.30. The minimum absolute atomic E-state index is 0.0254. The molecule has 0 radical (unpaired) electrons. The average molecular weight is 322 g/mol. The Kier molecular flexibility index (Phi) is 4.94. The van der Waals surface area contributed by atoms with Gasteiger partial charge >= 0.3 is 0 Å². The van der Waals surface area contributed by atoms with Crippen molar-refractivity contribution >= 4 is 17.5 Å². The molecule has 0 aliphatic carbocycles. The SMILES string of the molecule is Cc1ccc(CN2C(=O)CCC2CC(=O)Nc2ccccc2)cc1. The van der Waals surface area contributed by atoms with Crippen LogP contribution in [0.1, 0.15) is 30.4 Å². The molecule has 1 N–H and O–H groups in total. The summed E-state index contributed by atoms with van der Waals surface area (Å²) in [4.78, 5) is 26.3. The lowest BCUT2D eigenvalue weighted by molar-refractivity contribution is -0.130. The molecule has 0 saturated carbocycles. The summed E-state index contributed by atoms with van der Waals surface area (Å²) in [6.07, 6.45) is 1.61. The van der Waals surface area contributed by atoms with Crippen molar-refractivity contribution in [1.82, 2.24) is 4.90 Å². The Morgan fingerprint density at radius 1 is 1.12 bits per heavy atom. The van der Waals surface area contributed by atoms with E-state index < -0.39 is 0 Å². The van der Waals surface area contributed by atoms with Crippen molar-refractivity contribution in [2.24, 2.45) is 0 Å². The normalized spacial score (nSPS) is 17.1. The van der Waals surface area contributed by atoms with Crippen molar-refractivity contribution in [3.63, 3.8) is 0 Å². The summed E-state index contributed by atoms with van der Waals surface area (Å²) < 4.78 is 0. The van der Waals surface area contributed by atoms with Crippen molar-refractivity contribution in [2.45, 2.75) is 38.8 Å². The quantitative estimate of drug-likeness (QED) is 0.916. The van der Waals surface area contributed by atoms with Crippen LogP contribution in [0.4, 0.5) is 5.69 Å². The highest BCUT2D eigenvalue weighted by Crippen LogP contribution is 2.24. The predicted octanol–water partition coefficient (Wildman–Crippen LogP) is 3.51. The monoisotopic (exact) mass is 322 g/mol. The number of nitrogens with one attached hydrogen (secondary N) is 1. The molecule has 1 unspecified atom stereocenters. The molecular weight excluding hydrogens is 300 g/mol. The summed E-state index contributed by atoms with van der Waals surface area (Å²) in [6, 6.07) is 17.6. The van der Waals surface area contributed by atoms with Gasteiger partial charge in [0.1, 0.15) is 0 Å². The van der Waals surface area contributed by atoms with E-state index in [2.05, 4.69) is 5.32 Å². The van der Waals surface area contributed by atoms with Crippen LogP contribution in [0.25, 0.3) is 0 Å². The third-order valence-corrected chi connectivity index (χ3v) is 4.40. The summed E-state index contributed by atoms with van der Waals surface area (Å²) in [6.45, 7) is 2.61. The first-order valence-electron chi connectivity index (χ1n) is 8.32. The lowest BCUT2D eigenvalue weighted by Gasteiger charge is -2.24. The second-order valence-electron chi connectivity index (χ2n) is 6.32. The van der Waals surface area contributed by atoms with Gasteiger partial charge in [0.05, 0.1) is 0 Å². The van der Waals surface area contributed by atoms with Crippen LogP contribution in [-0.4, -0.2) is 22.8 Å². The first kappa shape index (κ1) is 16.2. The predicted molar refractivity (Wildman–Crippen MR) is 94.4 cm³/mol. The Bertz CT molecular complexity index is 710. The number of hydrogen-bond acceptors (Lipinski definition) is 2. The fraction of sp³-hybridized carbons (Fsp3) is 0.300. The van der Waals surface area contributed by atoms with E-state index in [9.17, 15) is 9.59 Å². The smallest absolute Gasteiger partial charge is 0.226 e. The van der Waals surface area contributed by atoms with Gasteiger partial charge in [0.25, 0.3) is 0 Å². The fourth-order valence-electron chi connectivity index (χ4n) is 3.06. The number of aryl methyl sites for hydroxylation is 1. The molecule has 4 heteroatoms. The molecule has 24 heavy (non-hydrogen) atoms. The zero-order valence-corrected chi connectivity index (χ0v) is 13.9. The first-order valence-corrected chi connectivity index (χ1v) is 8.32. The highest BCUT2D eigenvalue weighted by atomic mass is 16.2. The zero-order chi connectivity index (χ0) is 16.9. The third-order valence-electron chi connectivity index (χ3n) is 4.40. The summed E-state index contributed by atoms with van der Waals surface area (Å²) in [5.74, 6) is 0.0860. The van der Waals surface area contributed by atoms with Gasteiger partial charge in [-0.1, -0.05) is 48.0 Å². The van der Waals surface area contributed by atoms with Gasteiger partial charge in [-0.05, 0) is 31.0 Å². The van der Waals surface area contributed by atoms with E-state index >= 15 is 0 Å². The lowest BCUT2D eigenvalue weighted by atomic mass is 10.1. The summed E-state index contributed by atoms with van der Waals surface area (Å²) >= 11 is 0. The van der Waals surface area contributed by atoms with E-state index in [1.807, 2.05) is 66.4 Å². The van der Waals surface area contributed by atoms with Gasteiger partial charge in [-0.3, -0.25) is 9.59 Å². The Labute approximate surface area is 142 Å². The molecule has 1 atom stereocenters. The van der Waals surface area contributed by atoms with E-state index in [1.54, 1.807) is 0 Å². The van der Waals surface area contributed by atoms with Crippen LogP contribution < -0.4 is 5.32 Å². The summed E-state index contributed by atoms with van der Waals surface area (Å²) in [5, 5.41) is 2.90. The van der Waals surface area contributed by atoms with Crippen LogP contribution in [0.15, 0.2) is 54.6 Å². The molecule has 3 rings (SSSR count). The van der Waals surface area contributed by atoms with Crippen molar-refractivity contribution < 1.29 is 9.59 Å². The maximum atomic E-state index is 12.3. The van der Waals surface area contributed by atoms with Crippen LogP contribution in [0.5, 0.6) is 0 Å². The molecule has 2 aromatic carbocycles. The molecule has 124 valence electrons. The Morgan fingerprint density at radius 2 is 1.83 bits per heavy atom. The van der Waals surface area contributed by atoms with Crippen molar-refractivity contribution in [3.05, 3.63) is 65.7 Å².